The maximum Gasteiger partial charge on any atom is 0.234 e. The van der Waals surface area contributed by atoms with Crippen LogP contribution in [0.5, 0.6) is 0 Å². The lowest BCUT2D eigenvalue weighted by atomic mass is 10.2. The number of para-hydroxylation sites is 2. The van der Waals surface area contributed by atoms with Gasteiger partial charge in [0.2, 0.25) is 5.91 Å². The molecule has 6 nitrogen and oxygen atoms in total. The van der Waals surface area contributed by atoms with Crippen molar-refractivity contribution in [1.29, 1.82) is 0 Å². The second kappa shape index (κ2) is 8.78. The third-order valence-corrected chi connectivity index (χ3v) is 6.80. The maximum absolute atomic E-state index is 12.6. The lowest BCUT2D eigenvalue weighted by molar-refractivity contribution is -0.123. The molecule has 1 amide bonds. The van der Waals surface area contributed by atoms with Gasteiger partial charge < -0.3 is 9.73 Å². The summed E-state index contributed by atoms with van der Waals surface area (Å²) in [6.07, 6.45) is 0. The predicted octanol–water partition coefficient (Wildman–Crippen LogP) is 4.04. The topological polar surface area (TPSA) is 61.6 Å². The molecule has 0 saturated carbocycles. The van der Waals surface area contributed by atoms with E-state index in [1.165, 1.54) is 4.70 Å². The van der Waals surface area contributed by atoms with E-state index < -0.39 is 0 Å². The number of thiazole rings is 1. The molecule has 0 radical (unpaired) electrons. The summed E-state index contributed by atoms with van der Waals surface area (Å²) >= 11 is 1.77. The molecule has 2 aromatic heterocycles. The number of hydrogen-bond acceptors (Lipinski definition) is 6. The van der Waals surface area contributed by atoms with Gasteiger partial charge in [-0.25, -0.2) is 4.98 Å². The van der Waals surface area contributed by atoms with Gasteiger partial charge in [-0.05, 0) is 31.2 Å². The highest BCUT2D eigenvalue weighted by molar-refractivity contribution is 7.18. The summed E-state index contributed by atoms with van der Waals surface area (Å²) in [5, 5.41) is 5.29. The van der Waals surface area contributed by atoms with Gasteiger partial charge in [0.15, 0.2) is 0 Å². The van der Waals surface area contributed by atoms with Crippen molar-refractivity contribution >= 4 is 38.4 Å². The summed E-state index contributed by atoms with van der Waals surface area (Å²) < 4.78 is 7.12. The fourth-order valence-corrected chi connectivity index (χ4v) is 5.07. The van der Waals surface area contributed by atoms with Crippen LogP contribution in [0.25, 0.3) is 21.2 Å². The van der Waals surface area contributed by atoms with E-state index in [4.69, 9.17) is 9.40 Å². The standard InChI is InChI=1S/C24H26N4O2S/c1-17(21-14-18-6-2-4-8-20(18)30-21)25-23(29)15-27-10-12-28(13-11-27)16-24-26-19-7-3-5-9-22(19)31-24/h2-9,14,17H,10-13,15-16H2,1H3,(H,25,29)/t17-/m1/s1. The SMILES string of the molecule is C[C@@H](NC(=O)CN1CCN(Cc2nc3ccccc3s2)CC1)c1cc2ccccc2o1. The molecular weight excluding hydrogens is 408 g/mol. The molecule has 160 valence electrons. The quantitative estimate of drug-likeness (QED) is 0.496. The zero-order valence-corrected chi connectivity index (χ0v) is 18.4. The van der Waals surface area contributed by atoms with E-state index in [0.717, 1.165) is 60.0 Å². The minimum atomic E-state index is -0.153. The van der Waals surface area contributed by atoms with Gasteiger partial charge in [0.1, 0.15) is 16.4 Å². The molecule has 31 heavy (non-hydrogen) atoms. The average molecular weight is 435 g/mol. The molecule has 0 bridgehead atoms. The number of aromatic nitrogens is 1. The van der Waals surface area contributed by atoms with Crippen molar-refractivity contribution in [2.75, 3.05) is 32.7 Å². The van der Waals surface area contributed by atoms with Crippen molar-refractivity contribution < 1.29 is 9.21 Å². The van der Waals surface area contributed by atoms with Crippen LogP contribution < -0.4 is 5.32 Å². The Morgan fingerprint density at radius 1 is 1.10 bits per heavy atom. The molecule has 1 saturated heterocycles. The molecule has 5 rings (SSSR count). The Kier molecular flexibility index (Phi) is 5.72. The van der Waals surface area contributed by atoms with Gasteiger partial charge in [-0.15, -0.1) is 11.3 Å². The number of piperazine rings is 1. The second-order valence-electron chi connectivity index (χ2n) is 8.10. The van der Waals surface area contributed by atoms with Crippen molar-refractivity contribution in [3.8, 4) is 0 Å². The Morgan fingerprint density at radius 2 is 1.84 bits per heavy atom. The third-order valence-electron chi connectivity index (χ3n) is 5.78. The van der Waals surface area contributed by atoms with Crippen LogP contribution in [0.1, 0.15) is 23.7 Å². The van der Waals surface area contributed by atoms with Crippen molar-refractivity contribution in [2.45, 2.75) is 19.5 Å². The van der Waals surface area contributed by atoms with Crippen LogP contribution in [0.2, 0.25) is 0 Å². The van der Waals surface area contributed by atoms with E-state index in [-0.39, 0.29) is 11.9 Å². The smallest absolute Gasteiger partial charge is 0.234 e. The van der Waals surface area contributed by atoms with Crippen LogP contribution in [0.15, 0.2) is 59.0 Å². The highest BCUT2D eigenvalue weighted by Crippen LogP contribution is 2.24. The molecule has 7 heteroatoms. The first-order valence-corrected chi connectivity index (χ1v) is 11.5. The monoisotopic (exact) mass is 434 g/mol. The molecule has 0 unspecified atom stereocenters. The number of hydrogen-bond donors (Lipinski definition) is 1. The average Bonchev–Trinajstić information content (AvgIpc) is 3.38. The fraction of sp³-hybridized carbons (Fsp3) is 0.333. The van der Waals surface area contributed by atoms with Crippen molar-refractivity contribution in [1.82, 2.24) is 20.1 Å². The molecule has 3 heterocycles. The van der Waals surface area contributed by atoms with Gasteiger partial charge in [0.05, 0.1) is 29.3 Å². The van der Waals surface area contributed by atoms with Crippen LogP contribution in [0.4, 0.5) is 0 Å². The number of nitrogens with zero attached hydrogens (tertiary/aromatic N) is 3. The molecule has 0 spiro atoms. The number of benzene rings is 2. The Bertz CT molecular complexity index is 1130. The van der Waals surface area contributed by atoms with Crippen LogP contribution >= 0.6 is 11.3 Å². The van der Waals surface area contributed by atoms with E-state index in [9.17, 15) is 4.79 Å². The van der Waals surface area contributed by atoms with Gasteiger partial charge >= 0.3 is 0 Å². The Balaban J connectivity index is 1.10. The number of amides is 1. The highest BCUT2D eigenvalue weighted by atomic mass is 32.1. The van der Waals surface area contributed by atoms with E-state index in [0.29, 0.717) is 6.54 Å². The second-order valence-corrected chi connectivity index (χ2v) is 9.22. The van der Waals surface area contributed by atoms with Gasteiger partial charge in [0.25, 0.3) is 0 Å². The fourth-order valence-electron chi connectivity index (χ4n) is 4.06. The first-order chi connectivity index (χ1) is 15.1. The lowest BCUT2D eigenvalue weighted by Gasteiger charge is -2.33. The molecule has 2 aromatic carbocycles. The summed E-state index contributed by atoms with van der Waals surface area (Å²) in [6, 6.07) is 18.0. The first kappa shape index (κ1) is 20.2. The number of rotatable bonds is 6. The summed E-state index contributed by atoms with van der Waals surface area (Å²) in [7, 11) is 0. The Labute approximate surface area is 185 Å². The zero-order chi connectivity index (χ0) is 21.2. The highest BCUT2D eigenvalue weighted by Gasteiger charge is 2.21. The van der Waals surface area contributed by atoms with Crippen molar-refractivity contribution in [3.63, 3.8) is 0 Å². The number of carbonyl (C=O) groups is 1. The van der Waals surface area contributed by atoms with Gasteiger partial charge in [-0.2, -0.15) is 0 Å². The number of carbonyl (C=O) groups excluding carboxylic acids is 1. The number of nitrogens with one attached hydrogen (secondary N) is 1. The maximum atomic E-state index is 12.6. The van der Waals surface area contributed by atoms with E-state index in [1.807, 2.05) is 43.3 Å². The van der Waals surface area contributed by atoms with Crippen LogP contribution in [0.3, 0.4) is 0 Å². The largest absolute Gasteiger partial charge is 0.459 e. The Hall–Kier alpha value is -2.74. The van der Waals surface area contributed by atoms with E-state index in [1.54, 1.807) is 11.3 Å². The molecule has 0 aliphatic carbocycles. The minimum Gasteiger partial charge on any atom is -0.459 e. The zero-order valence-electron chi connectivity index (χ0n) is 17.6. The predicted molar refractivity (Wildman–Crippen MR) is 124 cm³/mol. The summed E-state index contributed by atoms with van der Waals surface area (Å²) in [5.74, 6) is 0.822. The van der Waals surface area contributed by atoms with Crippen molar-refractivity contribution in [2.24, 2.45) is 0 Å². The van der Waals surface area contributed by atoms with Gasteiger partial charge in [-0.1, -0.05) is 30.3 Å². The van der Waals surface area contributed by atoms with Crippen molar-refractivity contribution in [3.05, 3.63) is 65.4 Å². The number of furan rings is 1. The first-order valence-electron chi connectivity index (χ1n) is 10.7. The molecule has 1 aliphatic heterocycles. The van der Waals surface area contributed by atoms with Gasteiger partial charge in [-0.3, -0.25) is 14.6 Å². The molecule has 1 N–H and O–H groups in total. The third kappa shape index (κ3) is 4.63. The van der Waals surface area contributed by atoms with Gasteiger partial charge in [0, 0.05) is 31.6 Å². The summed E-state index contributed by atoms with van der Waals surface area (Å²) in [4.78, 5) is 21.9. The summed E-state index contributed by atoms with van der Waals surface area (Å²) in [6.45, 7) is 6.92. The normalized spacial score (nSPS) is 16.7. The molecular formula is C24H26N4O2S. The molecule has 1 fully saturated rings. The van der Waals surface area contributed by atoms with E-state index in [2.05, 4.69) is 33.3 Å². The molecule has 1 atom stereocenters. The van der Waals surface area contributed by atoms with Crippen LogP contribution in [0, 0.1) is 0 Å². The number of fused-ring (bicyclic) bond motifs is 2. The lowest BCUT2D eigenvalue weighted by Crippen LogP contribution is -2.49. The molecule has 4 aromatic rings. The Morgan fingerprint density at radius 3 is 2.65 bits per heavy atom. The molecule has 1 aliphatic rings. The van der Waals surface area contributed by atoms with Crippen LogP contribution in [-0.2, 0) is 11.3 Å². The summed E-state index contributed by atoms with van der Waals surface area (Å²) in [5.41, 5.74) is 1.93. The minimum absolute atomic E-state index is 0.0348. The van der Waals surface area contributed by atoms with E-state index >= 15 is 0 Å². The van der Waals surface area contributed by atoms with Crippen LogP contribution in [-0.4, -0.2) is 53.4 Å².